The normalized spacial score (nSPS) is 10.8. The zero-order chi connectivity index (χ0) is 12.6. The summed E-state index contributed by atoms with van der Waals surface area (Å²) < 4.78 is 6.98. The van der Waals surface area contributed by atoms with Gasteiger partial charge in [0.25, 0.3) is 0 Å². The number of carboxylic acids is 1. The molecular formula is C13H15NO3. The molecule has 2 aromatic rings. The number of fused-ring (bicyclic) bond motifs is 1. The van der Waals surface area contributed by atoms with E-state index in [1.807, 2.05) is 25.1 Å². The molecule has 0 aliphatic heterocycles. The van der Waals surface area contributed by atoms with Crippen LogP contribution in [0.5, 0.6) is 5.75 Å². The van der Waals surface area contributed by atoms with Gasteiger partial charge in [0.1, 0.15) is 11.4 Å². The van der Waals surface area contributed by atoms with Gasteiger partial charge >= 0.3 is 5.97 Å². The molecule has 0 atom stereocenters. The summed E-state index contributed by atoms with van der Waals surface area (Å²) in [6, 6.07) is 5.66. The first kappa shape index (κ1) is 11.5. The van der Waals surface area contributed by atoms with Crippen molar-refractivity contribution in [1.82, 2.24) is 4.57 Å². The summed E-state index contributed by atoms with van der Waals surface area (Å²) in [6.45, 7) is 1.96. The third kappa shape index (κ3) is 1.56. The Morgan fingerprint density at radius 3 is 2.71 bits per heavy atom. The molecule has 0 aliphatic rings. The quantitative estimate of drug-likeness (QED) is 0.885. The number of aromatic carboxylic acids is 1. The average molecular weight is 233 g/mol. The van der Waals surface area contributed by atoms with Crippen LogP contribution in [-0.4, -0.2) is 22.8 Å². The van der Waals surface area contributed by atoms with Crippen molar-refractivity contribution in [1.29, 1.82) is 0 Å². The second kappa shape index (κ2) is 4.13. The molecule has 0 amide bonds. The number of hydrogen-bond acceptors (Lipinski definition) is 2. The maximum atomic E-state index is 11.3. The first-order chi connectivity index (χ1) is 8.11. The Kier molecular flexibility index (Phi) is 2.79. The van der Waals surface area contributed by atoms with Crippen LogP contribution in [0.3, 0.4) is 0 Å². The van der Waals surface area contributed by atoms with Crippen LogP contribution >= 0.6 is 0 Å². The number of aromatic nitrogens is 1. The Morgan fingerprint density at radius 2 is 2.18 bits per heavy atom. The highest BCUT2D eigenvalue weighted by molar-refractivity contribution is 6.00. The number of aryl methyl sites for hydroxylation is 2. The summed E-state index contributed by atoms with van der Waals surface area (Å²) in [5.74, 6) is -0.199. The van der Waals surface area contributed by atoms with Crippen molar-refractivity contribution in [2.75, 3.05) is 7.11 Å². The van der Waals surface area contributed by atoms with Gasteiger partial charge in [-0.15, -0.1) is 0 Å². The van der Waals surface area contributed by atoms with Gasteiger partial charge in [0.15, 0.2) is 0 Å². The number of ether oxygens (including phenoxy) is 1. The smallest absolute Gasteiger partial charge is 0.352 e. The molecule has 0 bridgehead atoms. The summed E-state index contributed by atoms with van der Waals surface area (Å²) in [5.41, 5.74) is 2.03. The molecule has 4 heteroatoms. The van der Waals surface area contributed by atoms with Gasteiger partial charge < -0.3 is 14.4 Å². The molecule has 4 nitrogen and oxygen atoms in total. The molecule has 1 aromatic carbocycles. The van der Waals surface area contributed by atoms with Gasteiger partial charge in [0, 0.05) is 12.4 Å². The van der Waals surface area contributed by atoms with Crippen molar-refractivity contribution in [3.8, 4) is 5.75 Å². The van der Waals surface area contributed by atoms with Crippen molar-refractivity contribution in [3.05, 3.63) is 29.5 Å². The lowest BCUT2D eigenvalue weighted by atomic mass is 10.1. The number of methoxy groups -OCH3 is 1. The maximum Gasteiger partial charge on any atom is 0.352 e. The monoisotopic (exact) mass is 233 g/mol. The number of rotatable bonds is 3. The Morgan fingerprint density at radius 1 is 1.47 bits per heavy atom. The molecular weight excluding hydrogens is 218 g/mol. The Balaban J connectivity index is 2.93. The van der Waals surface area contributed by atoms with Crippen molar-refractivity contribution >= 4 is 16.9 Å². The maximum absolute atomic E-state index is 11.3. The Labute approximate surface area is 99.4 Å². The molecule has 0 unspecified atom stereocenters. The lowest BCUT2D eigenvalue weighted by molar-refractivity contribution is 0.0686. The zero-order valence-electron chi connectivity index (χ0n) is 10.2. The minimum Gasteiger partial charge on any atom is -0.495 e. The first-order valence-electron chi connectivity index (χ1n) is 5.49. The van der Waals surface area contributed by atoms with Gasteiger partial charge in [-0.05, 0) is 18.1 Å². The van der Waals surface area contributed by atoms with Gasteiger partial charge in [0.05, 0.1) is 12.6 Å². The van der Waals surface area contributed by atoms with Crippen LogP contribution in [0.15, 0.2) is 18.2 Å². The van der Waals surface area contributed by atoms with Crippen molar-refractivity contribution < 1.29 is 14.6 Å². The van der Waals surface area contributed by atoms with E-state index in [-0.39, 0.29) is 0 Å². The number of benzene rings is 1. The first-order valence-corrected chi connectivity index (χ1v) is 5.49. The van der Waals surface area contributed by atoms with Crippen molar-refractivity contribution in [2.24, 2.45) is 7.05 Å². The highest BCUT2D eigenvalue weighted by Gasteiger charge is 2.20. The van der Waals surface area contributed by atoms with Gasteiger partial charge in [-0.2, -0.15) is 0 Å². The lowest BCUT2D eigenvalue weighted by Gasteiger charge is -2.04. The third-order valence-electron chi connectivity index (χ3n) is 3.06. The minimum atomic E-state index is -0.900. The van der Waals surface area contributed by atoms with Crippen LogP contribution in [0.1, 0.15) is 23.0 Å². The average Bonchev–Trinajstić information content (AvgIpc) is 2.62. The number of para-hydroxylation sites is 1. The molecule has 0 saturated carbocycles. The van der Waals surface area contributed by atoms with E-state index in [4.69, 9.17) is 4.74 Å². The van der Waals surface area contributed by atoms with E-state index in [0.717, 1.165) is 16.5 Å². The van der Waals surface area contributed by atoms with Crippen LogP contribution in [0.25, 0.3) is 10.9 Å². The van der Waals surface area contributed by atoms with Crippen LogP contribution in [0, 0.1) is 0 Å². The Bertz CT molecular complexity index is 584. The fourth-order valence-electron chi connectivity index (χ4n) is 2.35. The molecule has 1 N–H and O–H groups in total. The molecule has 1 heterocycles. The molecule has 0 aliphatic carbocycles. The van der Waals surface area contributed by atoms with E-state index < -0.39 is 5.97 Å². The summed E-state index contributed by atoms with van der Waals surface area (Å²) in [5, 5.41) is 10.2. The predicted molar refractivity (Wildman–Crippen MR) is 65.8 cm³/mol. The summed E-state index contributed by atoms with van der Waals surface area (Å²) >= 11 is 0. The number of nitrogens with zero attached hydrogens (tertiary/aromatic N) is 1. The van der Waals surface area contributed by atoms with Crippen molar-refractivity contribution in [3.63, 3.8) is 0 Å². The SMILES string of the molecule is CCc1c(C(=O)O)n(C)c2c(OC)cccc12. The van der Waals surface area contributed by atoms with Crippen LogP contribution in [-0.2, 0) is 13.5 Å². The predicted octanol–water partition coefficient (Wildman–Crippen LogP) is 2.45. The van der Waals surface area contributed by atoms with Crippen LogP contribution in [0.4, 0.5) is 0 Å². The van der Waals surface area contributed by atoms with E-state index in [1.165, 1.54) is 0 Å². The Hall–Kier alpha value is -1.97. The highest BCUT2D eigenvalue weighted by atomic mass is 16.5. The number of carbonyl (C=O) groups is 1. The van der Waals surface area contributed by atoms with Crippen molar-refractivity contribution in [2.45, 2.75) is 13.3 Å². The van der Waals surface area contributed by atoms with E-state index in [1.54, 1.807) is 18.7 Å². The molecule has 0 radical (unpaired) electrons. The summed E-state index contributed by atoms with van der Waals surface area (Å²) in [7, 11) is 3.35. The molecule has 2 rings (SSSR count). The fraction of sp³-hybridized carbons (Fsp3) is 0.308. The number of hydrogen-bond donors (Lipinski definition) is 1. The lowest BCUT2D eigenvalue weighted by Crippen LogP contribution is -2.07. The molecule has 90 valence electrons. The largest absolute Gasteiger partial charge is 0.495 e. The molecule has 0 saturated heterocycles. The highest BCUT2D eigenvalue weighted by Crippen LogP contribution is 2.32. The van der Waals surface area contributed by atoms with E-state index >= 15 is 0 Å². The van der Waals surface area contributed by atoms with E-state index in [0.29, 0.717) is 17.9 Å². The topological polar surface area (TPSA) is 51.5 Å². The van der Waals surface area contributed by atoms with Crippen LogP contribution in [0.2, 0.25) is 0 Å². The summed E-state index contributed by atoms with van der Waals surface area (Å²) in [4.78, 5) is 11.3. The second-order valence-electron chi connectivity index (χ2n) is 3.90. The molecule has 0 fully saturated rings. The zero-order valence-corrected chi connectivity index (χ0v) is 10.2. The minimum absolute atomic E-state index is 0.340. The third-order valence-corrected chi connectivity index (χ3v) is 3.06. The standard InChI is InChI=1S/C13H15NO3/c1-4-8-9-6-5-7-10(17-3)11(9)14(2)12(8)13(15)16/h5-7H,4H2,1-3H3,(H,15,16). The molecule has 17 heavy (non-hydrogen) atoms. The van der Waals surface area contributed by atoms with E-state index in [2.05, 4.69) is 0 Å². The van der Waals surface area contributed by atoms with Gasteiger partial charge in [-0.1, -0.05) is 19.1 Å². The number of carboxylic acid groups (broad SMARTS) is 1. The van der Waals surface area contributed by atoms with E-state index in [9.17, 15) is 9.90 Å². The second-order valence-corrected chi connectivity index (χ2v) is 3.90. The van der Waals surface area contributed by atoms with Gasteiger partial charge in [-0.3, -0.25) is 0 Å². The molecule has 0 spiro atoms. The van der Waals surface area contributed by atoms with Crippen LogP contribution < -0.4 is 4.74 Å². The van der Waals surface area contributed by atoms with Gasteiger partial charge in [-0.25, -0.2) is 4.79 Å². The molecule has 1 aromatic heterocycles. The summed E-state index contributed by atoms with van der Waals surface area (Å²) in [6.07, 6.45) is 0.687. The van der Waals surface area contributed by atoms with Gasteiger partial charge in [0.2, 0.25) is 0 Å². The fourth-order valence-corrected chi connectivity index (χ4v) is 2.35.